The summed E-state index contributed by atoms with van der Waals surface area (Å²) in [7, 11) is 3.83. The predicted molar refractivity (Wildman–Crippen MR) is 119 cm³/mol. The van der Waals surface area contributed by atoms with Crippen molar-refractivity contribution >= 4 is 33.4 Å². The molecule has 2 aromatic carbocycles. The summed E-state index contributed by atoms with van der Waals surface area (Å²) in [4.78, 5) is 27.1. The maximum absolute atomic E-state index is 12.4. The molecule has 2 heterocycles. The number of likely N-dealkylation sites (tertiary alicyclic amines) is 1. The van der Waals surface area contributed by atoms with E-state index >= 15 is 0 Å². The summed E-state index contributed by atoms with van der Waals surface area (Å²) in [5, 5.41) is 2.20. The molecule has 1 saturated heterocycles. The number of aromatic nitrogens is 1. The zero-order valence-corrected chi connectivity index (χ0v) is 18.0. The average molecular weight is 405 g/mol. The summed E-state index contributed by atoms with van der Waals surface area (Å²) in [5.41, 5.74) is 4.82. The molecule has 1 atom stereocenters. The van der Waals surface area contributed by atoms with E-state index in [1.807, 2.05) is 18.2 Å². The first kappa shape index (κ1) is 19.3. The monoisotopic (exact) mass is 404 g/mol. The number of hydrogen-bond donors (Lipinski definition) is 0. The second-order valence-corrected chi connectivity index (χ2v) is 8.75. The predicted octanol–water partition coefficient (Wildman–Crippen LogP) is 4.62. The van der Waals surface area contributed by atoms with E-state index in [0.29, 0.717) is 23.8 Å². The third-order valence-electron chi connectivity index (χ3n) is 7.10. The molecule has 5 rings (SSSR count). The van der Waals surface area contributed by atoms with Crippen LogP contribution in [0.2, 0.25) is 0 Å². The minimum absolute atomic E-state index is 0.00844. The number of ketones is 2. The number of carbonyl (C=O) groups excluding carboxylic acids is 2. The SMILES string of the molecule is COc1cc2c(cc1C(C)=O)c1c3c(ccc1n2CCC1CCCN1C)C(=O)CC3. The quantitative estimate of drug-likeness (QED) is 0.583. The number of nitrogens with zero attached hydrogens (tertiary/aromatic N) is 2. The van der Waals surface area contributed by atoms with Crippen molar-refractivity contribution in [1.29, 1.82) is 0 Å². The first-order valence-corrected chi connectivity index (χ1v) is 10.9. The lowest BCUT2D eigenvalue weighted by Gasteiger charge is -2.20. The van der Waals surface area contributed by atoms with Crippen LogP contribution in [0.15, 0.2) is 24.3 Å². The topological polar surface area (TPSA) is 51.5 Å². The first-order chi connectivity index (χ1) is 14.5. The molecule has 0 saturated carbocycles. The summed E-state index contributed by atoms with van der Waals surface area (Å²) in [6.45, 7) is 3.65. The fourth-order valence-electron chi connectivity index (χ4n) is 5.48. The minimum atomic E-state index is -0.00844. The van der Waals surface area contributed by atoms with Crippen LogP contribution in [-0.4, -0.2) is 47.8 Å². The van der Waals surface area contributed by atoms with Crippen LogP contribution in [0.5, 0.6) is 5.75 Å². The Hall–Kier alpha value is -2.66. The van der Waals surface area contributed by atoms with Crippen molar-refractivity contribution in [2.45, 2.75) is 51.6 Å². The van der Waals surface area contributed by atoms with Gasteiger partial charge in [0, 0.05) is 46.9 Å². The number of carbonyl (C=O) groups is 2. The Morgan fingerprint density at radius 2 is 2.03 bits per heavy atom. The van der Waals surface area contributed by atoms with Crippen LogP contribution < -0.4 is 4.74 Å². The van der Waals surface area contributed by atoms with Gasteiger partial charge in [0.1, 0.15) is 5.75 Å². The molecule has 3 aromatic rings. The Kier molecular flexibility index (Phi) is 4.66. The highest BCUT2D eigenvalue weighted by Gasteiger charge is 2.27. The van der Waals surface area contributed by atoms with Crippen LogP contribution >= 0.6 is 0 Å². The number of methoxy groups -OCH3 is 1. The van der Waals surface area contributed by atoms with E-state index in [1.54, 1.807) is 14.0 Å². The van der Waals surface area contributed by atoms with Crippen molar-refractivity contribution in [3.63, 3.8) is 0 Å². The van der Waals surface area contributed by atoms with Gasteiger partial charge < -0.3 is 14.2 Å². The van der Waals surface area contributed by atoms with E-state index in [9.17, 15) is 9.59 Å². The molecule has 1 aliphatic heterocycles. The molecule has 1 aliphatic carbocycles. The molecule has 0 spiro atoms. The van der Waals surface area contributed by atoms with Crippen molar-refractivity contribution in [2.75, 3.05) is 20.7 Å². The zero-order valence-electron chi connectivity index (χ0n) is 18.0. The maximum atomic E-state index is 12.4. The van der Waals surface area contributed by atoms with E-state index in [2.05, 4.69) is 22.6 Å². The molecule has 5 nitrogen and oxygen atoms in total. The summed E-state index contributed by atoms with van der Waals surface area (Å²) in [5.74, 6) is 0.830. The molecule has 1 unspecified atom stereocenters. The van der Waals surface area contributed by atoms with Crippen LogP contribution in [0.3, 0.4) is 0 Å². The largest absolute Gasteiger partial charge is 0.496 e. The zero-order chi connectivity index (χ0) is 21.0. The van der Waals surface area contributed by atoms with Gasteiger partial charge in [0.25, 0.3) is 0 Å². The number of Topliss-reactive ketones (excluding diaryl/α,β-unsaturated/α-hetero) is 2. The second kappa shape index (κ2) is 7.24. The Bertz CT molecular complexity index is 1190. The fourth-order valence-corrected chi connectivity index (χ4v) is 5.48. The number of ether oxygens (including phenoxy) is 1. The molecule has 0 amide bonds. The lowest BCUT2D eigenvalue weighted by molar-refractivity contribution is 0.0991. The lowest BCUT2D eigenvalue weighted by atomic mass is 10.0. The molecular weight excluding hydrogens is 376 g/mol. The van der Waals surface area contributed by atoms with Gasteiger partial charge in [0.05, 0.1) is 18.2 Å². The van der Waals surface area contributed by atoms with Crippen LogP contribution in [0.4, 0.5) is 0 Å². The van der Waals surface area contributed by atoms with Crippen LogP contribution in [0.1, 0.15) is 58.9 Å². The number of benzene rings is 2. The molecule has 30 heavy (non-hydrogen) atoms. The molecule has 5 heteroatoms. The van der Waals surface area contributed by atoms with E-state index in [0.717, 1.165) is 52.3 Å². The van der Waals surface area contributed by atoms with E-state index in [4.69, 9.17) is 4.74 Å². The Balaban J connectivity index is 1.74. The van der Waals surface area contributed by atoms with Crippen LogP contribution in [-0.2, 0) is 13.0 Å². The van der Waals surface area contributed by atoms with Gasteiger partial charge in [-0.15, -0.1) is 0 Å². The third-order valence-corrected chi connectivity index (χ3v) is 7.10. The van der Waals surface area contributed by atoms with Crippen LogP contribution in [0.25, 0.3) is 21.8 Å². The standard InChI is InChI=1S/C25H28N2O3/c1-15(28)19-13-20-22(14-24(19)30-3)27(12-10-16-5-4-11-26(16)2)21-8-6-17-18(25(20)21)7-9-23(17)29/h6,8,13-14,16H,4-5,7,9-12H2,1-3H3. The molecule has 0 radical (unpaired) electrons. The molecule has 156 valence electrons. The Labute approximate surface area is 176 Å². The van der Waals surface area contributed by atoms with E-state index in [-0.39, 0.29) is 11.6 Å². The second-order valence-electron chi connectivity index (χ2n) is 8.75. The van der Waals surface area contributed by atoms with Gasteiger partial charge in [0.2, 0.25) is 0 Å². The maximum Gasteiger partial charge on any atom is 0.163 e. The fraction of sp³-hybridized carbons (Fsp3) is 0.440. The lowest BCUT2D eigenvalue weighted by Crippen LogP contribution is -2.26. The average Bonchev–Trinajstić information content (AvgIpc) is 3.40. The highest BCUT2D eigenvalue weighted by atomic mass is 16.5. The van der Waals surface area contributed by atoms with Crippen molar-refractivity contribution < 1.29 is 14.3 Å². The van der Waals surface area contributed by atoms with E-state index in [1.165, 1.54) is 19.4 Å². The first-order valence-electron chi connectivity index (χ1n) is 10.9. The summed E-state index contributed by atoms with van der Waals surface area (Å²) >= 11 is 0. The number of rotatable bonds is 5. The van der Waals surface area contributed by atoms with Gasteiger partial charge in [0.15, 0.2) is 11.6 Å². The van der Waals surface area contributed by atoms with Crippen molar-refractivity contribution in [3.05, 3.63) is 41.0 Å². The number of aryl methyl sites for hydroxylation is 2. The molecule has 2 aliphatic rings. The molecule has 0 bridgehead atoms. The molecule has 0 N–H and O–H groups in total. The smallest absolute Gasteiger partial charge is 0.163 e. The molecule has 1 fully saturated rings. The van der Waals surface area contributed by atoms with Gasteiger partial charge in [-0.1, -0.05) is 0 Å². The Morgan fingerprint density at radius 3 is 2.73 bits per heavy atom. The summed E-state index contributed by atoms with van der Waals surface area (Å²) < 4.78 is 7.94. The van der Waals surface area contributed by atoms with Gasteiger partial charge >= 0.3 is 0 Å². The van der Waals surface area contributed by atoms with Crippen molar-refractivity contribution in [3.8, 4) is 5.75 Å². The van der Waals surface area contributed by atoms with Crippen molar-refractivity contribution in [2.24, 2.45) is 0 Å². The third kappa shape index (κ3) is 2.87. The van der Waals surface area contributed by atoms with Gasteiger partial charge in [-0.2, -0.15) is 0 Å². The number of fused-ring (bicyclic) bond motifs is 5. The summed E-state index contributed by atoms with van der Waals surface area (Å²) in [6.07, 6.45) is 4.94. The van der Waals surface area contributed by atoms with Gasteiger partial charge in [-0.3, -0.25) is 9.59 Å². The van der Waals surface area contributed by atoms with Crippen molar-refractivity contribution in [1.82, 2.24) is 9.47 Å². The normalized spacial score (nSPS) is 19.2. The summed E-state index contributed by atoms with van der Waals surface area (Å²) in [6, 6.07) is 8.67. The van der Waals surface area contributed by atoms with Gasteiger partial charge in [-0.25, -0.2) is 0 Å². The highest BCUT2D eigenvalue weighted by Crippen LogP contribution is 2.40. The highest BCUT2D eigenvalue weighted by molar-refractivity contribution is 6.17. The minimum Gasteiger partial charge on any atom is -0.496 e. The molecule has 1 aromatic heterocycles. The Morgan fingerprint density at radius 1 is 1.20 bits per heavy atom. The van der Waals surface area contributed by atoms with Crippen LogP contribution in [0, 0.1) is 0 Å². The number of hydrogen-bond acceptors (Lipinski definition) is 4. The van der Waals surface area contributed by atoms with E-state index < -0.39 is 0 Å². The van der Waals surface area contributed by atoms with Gasteiger partial charge in [-0.05, 0) is 70.0 Å². The molecular formula is C25H28N2O3.